The Morgan fingerprint density at radius 1 is 1.07 bits per heavy atom. The lowest BCUT2D eigenvalue weighted by Gasteiger charge is -2.04. The molecule has 29 heavy (non-hydrogen) atoms. The van der Waals surface area contributed by atoms with E-state index in [-0.39, 0.29) is 17.4 Å². The van der Waals surface area contributed by atoms with Gasteiger partial charge in [0.15, 0.2) is 11.5 Å². The van der Waals surface area contributed by atoms with Gasteiger partial charge < -0.3 is 15.2 Å². The molecule has 0 bridgehead atoms. The second-order valence-corrected chi connectivity index (χ2v) is 6.51. The zero-order valence-electron chi connectivity index (χ0n) is 15.8. The van der Waals surface area contributed by atoms with Crippen LogP contribution in [0.15, 0.2) is 65.3 Å². The molecule has 8 nitrogen and oxygen atoms in total. The van der Waals surface area contributed by atoms with Gasteiger partial charge in [-0.3, -0.25) is 14.0 Å². The largest absolute Gasteiger partial charge is 0.360 e. The number of hydrogen-bond donors (Lipinski definition) is 2. The lowest BCUT2D eigenvalue weighted by atomic mass is 10.1. The van der Waals surface area contributed by atoms with E-state index in [4.69, 9.17) is 4.52 Å². The molecule has 0 saturated carbocycles. The van der Waals surface area contributed by atoms with Crippen LogP contribution >= 0.6 is 0 Å². The molecule has 2 N–H and O–H groups in total. The molecule has 3 heterocycles. The maximum atomic E-state index is 12.7. The third-order valence-corrected chi connectivity index (χ3v) is 4.38. The van der Waals surface area contributed by atoms with Gasteiger partial charge in [-0.25, -0.2) is 4.98 Å². The third kappa shape index (κ3) is 4.01. The molecule has 0 aliphatic heterocycles. The van der Waals surface area contributed by atoms with Gasteiger partial charge in [0.05, 0.1) is 5.52 Å². The van der Waals surface area contributed by atoms with Gasteiger partial charge in [-0.1, -0.05) is 41.6 Å². The first-order chi connectivity index (χ1) is 14.1. The third-order valence-electron chi connectivity index (χ3n) is 4.38. The number of hydrogen-bond acceptors (Lipinski definition) is 5. The highest BCUT2D eigenvalue weighted by molar-refractivity contribution is 6.08. The Labute approximate surface area is 166 Å². The van der Waals surface area contributed by atoms with Crippen LogP contribution in [0.4, 0.5) is 5.82 Å². The molecule has 0 aliphatic carbocycles. The molecule has 0 spiro atoms. The molecule has 146 valence electrons. The monoisotopic (exact) mass is 389 g/mol. The van der Waals surface area contributed by atoms with Crippen LogP contribution in [0.1, 0.15) is 32.4 Å². The number of anilines is 1. The quantitative estimate of drug-likeness (QED) is 0.528. The summed E-state index contributed by atoms with van der Waals surface area (Å²) in [6.07, 6.45) is 2.40. The number of pyridine rings is 1. The first kappa shape index (κ1) is 18.4. The number of aromatic nitrogens is 3. The van der Waals surface area contributed by atoms with Crippen molar-refractivity contribution in [3.8, 4) is 0 Å². The highest BCUT2D eigenvalue weighted by atomic mass is 16.5. The Bertz CT molecular complexity index is 1160. The summed E-state index contributed by atoms with van der Waals surface area (Å²) in [5.41, 5.74) is 1.79. The Morgan fingerprint density at radius 3 is 2.62 bits per heavy atom. The first-order valence-electron chi connectivity index (χ1n) is 9.15. The fraction of sp³-hybridized carbons (Fsp3) is 0.143. The molecular formula is C21H19N5O3. The van der Waals surface area contributed by atoms with Gasteiger partial charge in [0.25, 0.3) is 11.8 Å². The molecule has 2 amide bonds. The van der Waals surface area contributed by atoms with Crippen molar-refractivity contribution in [2.45, 2.75) is 13.3 Å². The Kier molecular flexibility index (Phi) is 5.07. The fourth-order valence-corrected chi connectivity index (χ4v) is 3.01. The number of nitrogens with zero attached hydrogens (tertiary/aromatic N) is 3. The number of fused-ring (bicyclic) bond motifs is 1. The van der Waals surface area contributed by atoms with Gasteiger partial charge >= 0.3 is 0 Å². The summed E-state index contributed by atoms with van der Waals surface area (Å²) in [7, 11) is 0. The van der Waals surface area contributed by atoms with Crippen molar-refractivity contribution in [2.75, 3.05) is 11.9 Å². The van der Waals surface area contributed by atoms with Gasteiger partial charge in [0.1, 0.15) is 5.76 Å². The number of aryl methyl sites for hydroxylation is 1. The van der Waals surface area contributed by atoms with E-state index >= 15 is 0 Å². The molecule has 0 saturated heterocycles. The maximum Gasteiger partial charge on any atom is 0.287 e. The molecule has 3 aromatic heterocycles. The van der Waals surface area contributed by atoms with E-state index in [1.807, 2.05) is 30.3 Å². The Morgan fingerprint density at radius 2 is 1.86 bits per heavy atom. The van der Waals surface area contributed by atoms with Gasteiger partial charge in [-0.15, -0.1) is 0 Å². The predicted octanol–water partition coefficient (Wildman–Crippen LogP) is 2.86. The van der Waals surface area contributed by atoms with Gasteiger partial charge in [-0.05, 0) is 31.0 Å². The van der Waals surface area contributed by atoms with Crippen molar-refractivity contribution < 1.29 is 14.1 Å². The first-order valence-corrected chi connectivity index (χ1v) is 9.15. The summed E-state index contributed by atoms with van der Waals surface area (Å²) in [5, 5.41) is 9.25. The summed E-state index contributed by atoms with van der Waals surface area (Å²) >= 11 is 0. The van der Waals surface area contributed by atoms with E-state index in [0.717, 1.165) is 5.56 Å². The standard InChI is InChI=1S/C21H19N5O3/c1-14-13-17(25-29-14)23-20(27)18-16-9-5-6-12-26(16)19(24-18)21(28)22-11-10-15-7-3-2-4-8-15/h2-9,12-13H,10-11H2,1H3,(H,22,28)(H,23,25,27). The molecule has 0 atom stereocenters. The molecule has 0 aliphatic rings. The fourth-order valence-electron chi connectivity index (χ4n) is 3.01. The zero-order chi connectivity index (χ0) is 20.2. The highest BCUT2D eigenvalue weighted by Gasteiger charge is 2.22. The molecule has 8 heteroatoms. The number of rotatable bonds is 6. The SMILES string of the molecule is Cc1cc(NC(=O)c2nc(C(=O)NCCc3ccccc3)n3ccccc23)no1. The van der Waals surface area contributed by atoms with E-state index in [9.17, 15) is 9.59 Å². The van der Waals surface area contributed by atoms with E-state index in [1.165, 1.54) is 0 Å². The van der Waals surface area contributed by atoms with Gasteiger partial charge in [0.2, 0.25) is 5.82 Å². The number of nitrogens with one attached hydrogen (secondary N) is 2. The lowest BCUT2D eigenvalue weighted by molar-refractivity contribution is 0.0943. The molecule has 4 rings (SSSR count). The molecule has 0 radical (unpaired) electrons. The summed E-state index contributed by atoms with van der Waals surface area (Å²) in [6, 6.07) is 16.8. The van der Waals surface area contributed by atoms with Crippen molar-refractivity contribution in [1.82, 2.24) is 19.9 Å². The van der Waals surface area contributed by atoms with Crippen molar-refractivity contribution in [1.29, 1.82) is 0 Å². The van der Waals surface area contributed by atoms with Crippen LogP contribution in [0.3, 0.4) is 0 Å². The smallest absolute Gasteiger partial charge is 0.287 e. The van der Waals surface area contributed by atoms with Crippen LogP contribution in [0.2, 0.25) is 0 Å². The summed E-state index contributed by atoms with van der Waals surface area (Å²) < 4.78 is 6.56. The molecule has 4 aromatic rings. The molecule has 1 aromatic carbocycles. The lowest BCUT2D eigenvalue weighted by Crippen LogP contribution is -2.27. The van der Waals surface area contributed by atoms with Crippen LogP contribution in [0, 0.1) is 6.92 Å². The van der Waals surface area contributed by atoms with Crippen molar-refractivity contribution in [3.63, 3.8) is 0 Å². The van der Waals surface area contributed by atoms with E-state index in [2.05, 4.69) is 20.8 Å². The van der Waals surface area contributed by atoms with Crippen LogP contribution in [0.5, 0.6) is 0 Å². The Balaban J connectivity index is 1.53. The number of carbonyl (C=O) groups is 2. The Hall–Kier alpha value is -3.94. The minimum absolute atomic E-state index is 0.138. The average Bonchev–Trinajstić information content (AvgIpc) is 3.32. The highest BCUT2D eigenvalue weighted by Crippen LogP contribution is 2.16. The van der Waals surface area contributed by atoms with E-state index in [1.54, 1.807) is 41.8 Å². The van der Waals surface area contributed by atoms with Crippen molar-refractivity contribution in [2.24, 2.45) is 0 Å². The van der Waals surface area contributed by atoms with Crippen LogP contribution < -0.4 is 10.6 Å². The number of imidazole rings is 1. The maximum absolute atomic E-state index is 12.7. The minimum atomic E-state index is -0.467. The van der Waals surface area contributed by atoms with Gasteiger partial charge in [-0.2, -0.15) is 0 Å². The predicted molar refractivity (Wildman–Crippen MR) is 107 cm³/mol. The molecule has 0 unspecified atom stereocenters. The summed E-state index contributed by atoms with van der Waals surface area (Å²) in [6.45, 7) is 2.19. The topological polar surface area (TPSA) is 102 Å². The van der Waals surface area contributed by atoms with Gasteiger partial charge in [0, 0.05) is 18.8 Å². The van der Waals surface area contributed by atoms with E-state index in [0.29, 0.717) is 30.1 Å². The molecule has 0 fully saturated rings. The number of carbonyl (C=O) groups excluding carboxylic acids is 2. The zero-order valence-corrected chi connectivity index (χ0v) is 15.8. The van der Waals surface area contributed by atoms with Crippen molar-refractivity contribution in [3.05, 3.63) is 83.6 Å². The number of benzene rings is 1. The van der Waals surface area contributed by atoms with E-state index < -0.39 is 5.91 Å². The van der Waals surface area contributed by atoms with Crippen molar-refractivity contribution >= 4 is 23.1 Å². The second kappa shape index (κ2) is 7.97. The normalized spacial score (nSPS) is 10.8. The average molecular weight is 389 g/mol. The van der Waals surface area contributed by atoms with Crippen LogP contribution in [-0.2, 0) is 6.42 Å². The summed E-state index contributed by atoms with van der Waals surface area (Å²) in [4.78, 5) is 29.7. The second-order valence-electron chi connectivity index (χ2n) is 6.51. The van der Waals surface area contributed by atoms with Crippen LogP contribution in [-0.4, -0.2) is 32.9 Å². The molecular weight excluding hydrogens is 370 g/mol. The minimum Gasteiger partial charge on any atom is -0.360 e. The number of amides is 2. The van der Waals surface area contributed by atoms with Crippen LogP contribution in [0.25, 0.3) is 5.52 Å². The summed E-state index contributed by atoms with van der Waals surface area (Å²) in [5.74, 6) is 0.200.